The van der Waals surface area contributed by atoms with Crippen LogP contribution in [0.5, 0.6) is 0 Å². The van der Waals surface area contributed by atoms with E-state index in [9.17, 15) is 20.1 Å². The van der Waals surface area contributed by atoms with Crippen LogP contribution in [0.2, 0.25) is 0 Å². The summed E-state index contributed by atoms with van der Waals surface area (Å²) in [5.41, 5.74) is 0.577. The van der Waals surface area contributed by atoms with Crippen LogP contribution in [-0.4, -0.2) is 52.5 Å². The number of carbonyl (C=O) groups is 1. The van der Waals surface area contributed by atoms with Crippen molar-refractivity contribution in [1.82, 2.24) is 0 Å². The molecule has 2 saturated heterocycles. The number of fused-ring (bicyclic) bond motifs is 7. The van der Waals surface area contributed by atoms with Crippen LogP contribution in [0, 0.1) is 56.7 Å². The van der Waals surface area contributed by atoms with Crippen molar-refractivity contribution in [2.75, 3.05) is 13.2 Å². The summed E-state index contributed by atoms with van der Waals surface area (Å²) < 4.78 is 12.0. The first kappa shape index (κ1) is 27.2. The summed E-state index contributed by atoms with van der Waals surface area (Å²) in [5.74, 6) is -0.274. The fourth-order valence-corrected chi connectivity index (χ4v) is 11.7. The van der Waals surface area contributed by atoms with Crippen molar-refractivity contribution in [3.8, 4) is 0 Å². The second kappa shape index (κ2) is 8.08. The quantitative estimate of drug-likeness (QED) is 0.349. The molecule has 38 heavy (non-hydrogen) atoms. The molecule has 1 unspecified atom stereocenters. The van der Waals surface area contributed by atoms with Crippen LogP contribution in [0.3, 0.4) is 0 Å². The summed E-state index contributed by atoms with van der Waals surface area (Å²) in [6.45, 7) is 16.0. The number of esters is 1. The first-order valence-electron chi connectivity index (χ1n) is 15.2. The van der Waals surface area contributed by atoms with Crippen molar-refractivity contribution < 1.29 is 29.6 Å². The number of allylic oxidation sites excluding steroid dienone is 2. The van der Waals surface area contributed by atoms with E-state index >= 15 is 0 Å². The molecule has 3 N–H and O–H groups in total. The number of ether oxygens (including phenoxy) is 2. The molecular weight excluding hydrogens is 480 g/mol. The molecule has 0 aromatic heterocycles. The van der Waals surface area contributed by atoms with E-state index in [1.54, 1.807) is 0 Å². The second-order valence-corrected chi connectivity index (χ2v) is 15.5. The summed E-state index contributed by atoms with van der Waals surface area (Å²) in [7, 11) is 0. The molecule has 0 aromatic carbocycles. The molecule has 2 bridgehead atoms. The van der Waals surface area contributed by atoms with Crippen molar-refractivity contribution in [3.05, 3.63) is 11.6 Å². The smallest absolute Gasteiger partial charge is 0.302 e. The maximum Gasteiger partial charge on any atom is 0.302 e. The van der Waals surface area contributed by atoms with Gasteiger partial charge in [0.15, 0.2) is 5.79 Å². The Hall–Kier alpha value is -0.950. The molecule has 7 aliphatic rings. The van der Waals surface area contributed by atoms with Gasteiger partial charge in [-0.3, -0.25) is 4.79 Å². The van der Waals surface area contributed by atoms with Crippen molar-refractivity contribution in [2.24, 2.45) is 56.7 Å². The molecule has 2 heterocycles. The topological polar surface area (TPSA) is 96.2 Å². The Morgan fingerprint density at radius 1 is 1.03 bits per heavy atom. The van der Waals surface area contributed by atoms with E-state index in [-0.39, 0.29) is 52.0 Å². The fraction of sp³-hybridized carbons (Fsp3) is 0.906. The Labute approximate surface area is 228 Å². The van der Waals surface area contributed by atoms with Gasteiger partial charge < -0.3 is 24.8 Å². The maximum atomic E-state index is 11.9. The minimum Gasteiger partial charge on any atom is -0.465 e. The molecular formula is C32H50O6. The Bertz CT molecular complexity index is 1040. The van der Waals surface area contributed by atoms with E-state index in [0.29, 0.717) is 24.9 Å². The minimum atomic E-state index is -1.02. The Morgan fingerprint density at radius 2 is 1.74 bits per heavy atom. The molecule has 6 heteroatoms. The molecule has 0 amide bonds. The normalized spacial score (nSPS) is 56.6. The molecule has 1 spiro atoms. The third-order valence-electron chi connectivity index (χ3n) is 14.4. The van der Waals surface area contributed by atoms with Crippen molar-refractivity contribution in [3.63, 3.8) is 0 Å². The maximum absolute atomic E-state index is 11.9. The highest BCUT2D eigenvalue weighted by Crippen LogP contribution is 2.77. The zero-order chi connectivity index (χ0) is 27.7. The highest BCUT2D eigenvalue weighted by Gasteiger charge is 2.74. The fourth-order valence-electron chi connectivity index (χ4n) is 11.7. The lowest BCUT2D eigenvalue weighted by Crippen LogP contribution is -2.73. The molecule has 214 valence electrons. The Morgan fingerprint density at radius 3 is 2.37 bits per heavy atom. The Kier molecular flexibility index (Phi) is 5.79. The van der Waals surface area contributed by atoms with Crippen LogP contribution in [0.4, 0.5) is 0 Å². The van der Waals surface area contributed by atoms with E-state index < -0.39 is 23.4 Å². The van der Waals surface area contributed by atoms with Crippen molar-refractivity contribution in [2.45, 2.75) is 111 Å². The van der Waals surface area contributed by atoms with Gasteiger partial charge in [-0.25, -0.2) is 0 Å². The standard InChI is InChI=1S/C32H50O6/c1-18-19(2)25(34)26(35)31(16-37-20(3)33)13-12-28(6)21(24(18)31)8-9-23-29(28,7)11-10-22-27(4,5)32(36)15-14-30(22,23)17-38-32/h8,18-19,22-26,34-36H,9-17H2,1-7H3/t18-,19-,22?,23-,24-,25+,26+,28+,29+,30+,31-,32-/m0/s1. The summed E-state index contributed by atoms with van der Waals surface area (Å²) in [4.78, 5) is 11.9. The molecule has 5 aliphatic carbocycles. The van der Waals surface area contributed by atoms with Crippen LogP contribution in [0.25, 0.3) is 0 Å². The van der Waals surface area contributed by atoms with Crippen molar-refractivity contribution in [1.29, 1.82) is 0 Å². The van der Waals surface area contributed by atoms with Gasteiger partial charge in [0.1, 0.15) is 6.61 Å². The molecule has 2 aliphatic heterocycles. The second-order valence-electron chi connectivity index (χ2n) is 15.5. The zero-order valence-corrected chi connectivity index (χ0v) is 24.5. The van der Waals surface area contributed by atoms with Crippen LogP contribution in [-0.2, 0) is 14.3 Å². The summed E-state index contributed by atoms with van der Waals surface area (Å²) in [6.07, 6.45) is 7.33. The van der Waals surface area contributed by atoms with E-state index in [2.05, 4.69) is 47.6 Å². The largest absolute Gasteiger partial charge is 0.465 e. The SMILES string of the molecule is CC(=O)OC[C@@]12CC[C@]3(C)C(=CC[C@@H]4[C@]56CC[C@](O)(OC5)C(C)(C)C6CC[C@]43C)[C@@H]1[C@@H](C)[C@H](C)[C@@H](O)[C@H]2O. The number of hydrogen-bond acceptors (Lipinski definition) is 6. The first-order valence-corrected chi connectivity index (χ1v) is 15.2. The van der Waals surface area contributed by atoms with Gasteiger partial charge in [0, 0.05) is 29.6 Å². The number of hydrogen-bond donors (Lipinski definition) is 3. The van der Waals surface area contributed by atoms with E-state index in [4.69, 9.17) is 9.47 Å². The average molecular weight is 531 g/mol. The van der Waals surface area contributed by atoms with Gasteiger partial charge in [0.05, 0.1) is 18.8 Å². The first-order chi connectivity index (χ1) is 17.6. The van der Waals surface area contributed by atoms with Gasteiger partial charge >= 0.3 is 5.97 Å². The molecule has 12 atom stereocenters. The molecule has 0 aromatic rings. The average Bonchev–Trinajstić information content (AvgIpc) is 2.86. The zero-order valence-electron chi connectivity index (χ0n) is 24.5. The molecule has 0 radical (unpaired) electrons. The summed E-state index contributed by atoms with van der Waals surface area (Å²) >= 11 is 0. The van der Waals surface area contributed by atoms with Gasteiger partial charge in [-0.15, -0.1) is 0 Å². The number of carbonyl (C=O) groups excluding carboxylic acids is 1. The van der Waals surface area contributed by atoms with Crippen LogP contribution in [0.1, 0.15) is 93.4 Å². The predicted molar refractivity (Wildman–Crippen MR) is 144 cm³/mol. The lowest BCUT2D eigenvalue weighted by molar-refractivity contribution is -0.395. The lowest BCUT2D eigenvalue weighted by atomic mass is 9.32. The summed E-state index contributed by atoms with van der Waals surface area (Å²) in [6, 6.07) is 0. The third-order valence-corrected chi connectivity index (χ3v) is 14.4. The summed E-state index contributed by atoms with van der Waals surface area (Å²) in [5, 5.41) is 34.1. The monoisotopic (exact) mass is 530 g/mol. The van der Waals surface area contributed by atoms with Crippen LogP contribution in [0.15, 0.2) is 11.6 Å². The predicted octanol–water partition coefficient (Wildman–Crippen LogP) is 4.85. The molecule has 6 nitrogen and oxygen atoms in total. The van der Waals surface area contributed by atoms with E-state index in [1.807, 2.05) is 0 Å². The Balaban J connectivity index is 1.45. The highest BCUT2D eigenvalue weighted by molar-refractivity contribution is 5.66. The number of aliphatic hydroxyl groups is 3. The van der Waals surface area contributed by atoms with Gasteiger partial charge in [-0.05, 0) is 78.9 Å². The minimum absolute atomic E-state index is 0.0490. The molecule has 7 rings (SSSR count). The van der Waals surface area contributed by atoms with Crippen LogP contribution >= 0.6 is 0 Å². The van der Waals surface area contributed by atoms with Gasteiger partial charge in [-0.2, -0.15) is 0 Å². The molecule has 4 saturated carbocycles. The lowest BCUT2D eigenvalue weighted by Gasteiger charge is -2.75. The van der Waals surface area contributed by atoms with Crippen LogP contribution < -0.4 is 0 Å². The van der Waals surface area contributed by atoms with Gasteiger partial charge in [0.2, 0.25) is 0 Å². The third kappa shape index (κ3) is 2.97. The van der Waals surface area contributed by atoms with E-state index in [0.717, 1.165) is 38.5 Å². The van der Waals surface area contributed by atoms with Crippen molar-refractivity contribution >= 4 is 5.97 Å². The molecule has 6 fully saturated rings. The number of aliphatic hydroxyl groups excluding tert-OH is 2. The highest BCUT2D eigenvalue weighted by atomic mass is 16.6. The van der Waals surface area contributed by atoms with E-state index in [1.165, 1.54) is 12.5 Å². The van der Waals surface area contributed by atoms with Gasteiger partial charge in [-0.1, -0.05) is 53.2 Å². The number of rotatable bonds is 2. The van der Waals surface area contributed by atoms with Gasteiger partial charge in [0.25, 0.3) is 0 Å².